The van der Waals surface area contributed by atoms with Crippen LogP contribution in [0, 0.1) is 0 Å². The molecule has 628 valence electrons. The third-order valence-corrected chi connectivity index (χ3v) is 19.4. The molecule has 0 rings (SSSR count). The molecule has 110 heavy (non-hydrogen) atoms. The van der Waals surface area contributed by atoms with Gasteiger partial charge in [-0.05, 0) is 148 Å². The summed E-state index contributed by atoms with van der Waals surface area (Å²) in [6.07, 6.45) is 96.4. The van der Waals surface area contributed by atoms with Crippen molar-refractivity contribution in [1.29, 1.82) is 0 Å². The standard InChI is InChI=1S/C91H152O17P2/c1-5-9-13-17-21-25-29-33-37-40-42-45-48-51-55-59-63-67-71-75-88(93)101-81-86(107-90(95)77-73-69-65-61-57-53-47-36-32-28-24-20-16-12-8-4)83-105-109(97,98)103-79-85(92)80-104-110(99,100)106-84-87(108-91(96)78-74-70-66-62-58-54-50-44-39-35-31-27-23-19-15-11-7-3)82-102-89(94)76-72-68-64-60-56-52-49-46-43-41-38-34-30-26-22-18-14-10-6-2/h10-11,14-15,21-23,25-27,33-35,37-39,42-43,45-46,50,52,54,56,62,66,85-87,92H,5-9,12-13,16-20,24,28-32,36,40-41,44,47-49,51,53,55,57-61,63-65,67-84H2,1-4H3,(H,97,98)(H,99,100)/b14-10-,15-11-,25-21-,26-22-,27-23-,37-33-,38-34-,39-35-,45-42-,46-43-,54-50-,56-52-,66-62-. The molecule has 17 nitrogen and oxygen atoms in total. The summed E-state index contributed by atoms with van der Waals surface area (Å²) < 4.78 is 68.7. The topological polar surface area (TPSA) is 237 Å². The number of rotatable bonds is 79. The molecule has 0 aliphatic carbocycles. The quantitative estimate of drug-likeness (QED) is 0.0169. The monoisotopic (exact) mass is 1580 g/mol. The first kappa shape index (κ1) is 105. The van der Waals surface area contributed by atoms with Crippen molar-refractivity contribution in [2.45, 2.75) is 354 Å². The Labute approximate surface area is 668 Å². The molecule has 0 heterocycles. The fraction of sp³-hybridized carbons (Fsp3) is 0.670. The molecule has 3 N–H and O–H groups in total. The lowest BCUT2D eigenvalue weighted by atomic mass is 10.0. The van der Waals surface area contributed by atoms with Gasteiger partial charge in [-0.15, -0.1) is 0 Å². The SMILES string of the molecule is CC/C=C\C/C=C\C/C=C\C/C=C\C/C=C\CCCCCC(=O)OCC(COP(=O)(O)OCC(O)COP(=O)(O)OCC(COC(=O)CCCCCCCC/C=C\C/C=C\C/C=C\CCCCC)OC(=O)CCCCCCCCCCCCCCCCC)OC(=O)CCC/C=C\C/C=C\C/C=C\C/C=C\C/C=C\CC. The van der Waals surface area contributed by atoms with Gasteiger partial charge in [0.05, 0.1) is 26.4 Å². The number of carbonyl (C=O) groups is 4. The van der Waals surface area contributed by atoms with E-state index in [0.29, 0.717) is 32.1 Å². The number of carbonyl (C=O) groups excluding carboxylic acids is 4. The van der Waals surface area contributed by atoms with Gasteiger partial charge in [0.2, 0.25) is 0 Å². The molecule has 19 heteroatoms. The molecule has 0 spiro atoms. The van der Waals surface area contributed by atoms with Gasteiger partial charge in [-0.2, -0.15) is 0 Å². The van der Waals surface area contributed by atoms with Crippen molar-refractivity contribution in [2.75, 3.05) is 39.6 Å². The Morgan fingerprint density at radius 1 is 0.264 bits per heavy atom. The highest BCUT2D eigenvalue weighted by atomic mass is 31.2. The van der Waals surface area contributed by atoms with Crippen molar-refractivity contribution >= 4 is 39.5 Å². The smallest absolute Gasteiger partial charge is 0.462 e. The minimum Gasteiger partial charge on any atom is -0.462 e. The largest absolute Gasteiger partial charge is 0.472 e. The Morgan fingerprint density at radius 2 is 0.482 bits per heavy atom. The molecule has 0 bridgehead atoms. The number of phosphoric ester groups is 2. The molecule has 0 fully saturated rings. The van der Waals surface area contributed by atoms with E-state index in [9.17, 15) is 43.2 Å². The van der Waals surface area contributed by atoms with Crippen LogP contribution in [0.3, 0.4) is 0 Å². The summed E-state index contributed by atoms with van der Waals surface area (Å²) >= 11 is 0. The lowest BCUT2D eigenvalue weighted by molar-refractivity contribution is -0.161. The lowest BCUT2D eigenvalue weighted by Crippen LogP contribution is -2.30. The van der Waals surface area contributed by atoms with Gasteiger partial charge in [0.15, 0.2) is 12.2 Å². The normalized spacial score (nSPS) is 14.6. The minimum atomic E-state index is -5.01. The van der Waals surface area contributed by atoms with Crippen LogP contribution in [-0.2, 0) is 65.4 Å². The van der Waals surface area contributed by atoms with E-state index in [-0.39, 0.29) is 25.7 Å². The summed E-state index contributed by atoms with van der Waals surface area (Å²) in [5.41, 5.74) is 0. The Bertz CT molecular complexity index is 2700. The van der Waals surface area contributed by atoms with Gasteiger partial charge in [0.25, 0.3) is 0 Å². The van der Waals surface area contributed by atoms with Crippen molar-refractivity contribution in [3.63, 3.8) is 0 Å². The van der Waals surface area contributed by atoms with Gasteiger partial charge in [0, 0.05) is 25.7 Å². The van der Waals surface area contributed by atoms with Gasteiger partial charge in [0.1, 0.15) is 19.3 Å². The Morgan fingerprint density at radius 3 is 0.791 bits per heavy atom. The first-order chi connectivity index (χ1) is 53.7. The number of hydrogen-bond acceptors (Lipinski definition) is 15. The van der Waals surface area contributed by atoms with E-state index in [1.807, 2.05) is 12.2 Å². The highest BCUT2D eigenvalue weighted by Gasteiger charge is 2.30. The van der Waals surface area contributed by atoms with E-state index in [0.717, 1.165) is 167 Å². The van der Waals surface area contributed by atoms with E-state index in [1.165, 1.54) is 83.5 Å². The van der Waals surface area contributed by atoms with Crippen LogP contribution in [-0.4, -0.2) is 96.7 Å². The second-order valence-electron chi connectivity index (χ2n) is 28.0. The molecule has 0 radical (unpaired) electrons. The van der Waals surface area contributed by atoms with Crippen molar-refractivity contribution < 1.29 is 80.2 Å². The number of unbranched alkanes of at least 4 members (excludes halogenated alkanes) is 27. The number of allylic oxidation sites excluding steroid dienone is 26. The van der Waals surface area contributed by atoms with E-state index in [1.54, 1.807) is 0 Å². The van der Waals surface area contributed by atoms with Crippen LogP contribution in [0.4, 0.5) is 0 Å². The summed E-state index contributed by atoms with van der Waals surface area (Å²) in [6.45, 7) is 4.54. The molecule has 0 amide bonds. The van der Waals surface area contributed by atoms with Gasteiger partial charge >= 0.3 is 39.5 Å². The Hall–Kier alpha value is -5.32. The number of phosphoric acid groups is 2. The van der Waals surface area contributed by atoms with Crippen LogP contribution in [0.1, 0.15) is 336 Å². The zero-order chi connectivity index (χ0) is 80.3. The predicted octanol–water partition coefficient (Wildman–Crippen LogP) is 25.6. The summed E-state index contributed by atoms with van der Waals surface area (Å²) in [7, 11) is -10.0. The number of aliphatic hydroxyl groups excluding tert-OH is 1. The maximum atomic E-state index is 13.1. The second kappa shape index (κ2) is 81.7. The van der Waals surface area contributed by atoms with Crippen molar-refractivity contribution in [3.05, 3.63) is 158 Å². The van der Waals surface area contributed by atoms with E-state index >= 15 is 0 Å². The van der Waals surface area contributed by atoms with Gasteiger partial charge in [-0.25, -0.2) is 9.13 Å². The zero-order valence-electron chi connectivity index (χ0n) is 68.9. The summed E-state index contributed by atoms with van der Waals surface area (Å²) in [5, 5.41) is 10.7. The fourth-order valence-corrected chi connectivity index (χ4v) is 12.6. The average Bonchev–Trinajstić information content (AvgIpc) is 0.906. The first-order valence-corrected chi connectivity index (χ1v) is 45.7. The van der Waals surface area contributed by atoms with Crippen LogP contribution >= 0.6 is 15.6 Å². The average molecular weight is 1580 g/mol. The third kappa shape index (κ3) is 80.7. The lowest BCUT2D eigenvalue weighted by Gasteiger charge is -2.21. The van der Waals surface area contributed by atoms with Crippen molar-refractivity contribution in [3.8, 4) is 0 Å². The highest BCUT2D eigenvalue weighted by molar-refractivity contribution is 7.47. The zero-order valence-corrected chi connectivity index (χ0v) is 70.7. The van der Waals surface area contributed by atoms with Crippen LogP contribution < -0.4 is 0 Å². The highest BCUT2D eigenvalue weighted by Crippen LogP contribution is 2.45. The van der Waals surface area contributed by atoms with E-state index in [4.69, 9.17) is 37.0 Å². The second-order valence-corrected chi connectivity index (χ2v) is 30.9. The van der Waals surface area contributed by atoms with Crippen molar-refractivity contribution in [2.24, 2.45) is 0 Å². The molecular formula is C91H152O17P2. The van der Waals surface area contributed by atoms with Crippen LogP contribution in [0.5, 0.6) is 0 Å². The molecule has 0 aromatic carbocycles. The summed E-state index contributed by atoms with van der Waals surface area (Å²) in [4.78, 5) is 73.2. The molecule has 0 aliphatic rings. The molecule has 5 atom stereocenters. The maximum absolute atomic E-state index is 13.1. The summed E-state index contributed by atoms with van der Waals surface area (Å²) in [6, 6.07) is 0. The Balaban J connectivity index is 5.47. The number of hydrogen-bond donors (Lipinski definition) is 3. The fourth-order valence-electron chi connectivity index (χ4n) is 11.1. The number of ether oxygens (including phenoxy) is 4. The molecule has 0 aliphatic heterocycles. The minimum absolute atomic E-state index is 0.00395. The number of aliphatic hydroxyl groups is 1. The van der Waals surface area contributed by atoms with E-state index in [2.05, 4.69) is 174 Å². The molecule has 0 saturated carbocycles. The van der Waals surface area contributed by atoms with Crippen LogP contribution in [0.15, 0.2) is 158 Å². The predicted molar refractivity (Wildman–Crippen MR) is 454 cm³/mol. The maximum Gasteiger partial charge on any atom is 0.472 e. The molecular weight excluding hydrogens is 1430 g/mol. The first-order valence-electron chi connectivity index (χ1n) is 42.7. The molecule has 0 aromatic heterocycles. The van der Waals surface area contributed by atoms with Crippen molar-refractivity contribution in [1.82, 2.24) is 0 Å². The van der Waals surface area contributed by atoms with E-state index < -0.39 is 97.5 Å². The van der Waals surface area contributed by atoms with Gasteiger partial charge < -0.3 is 33.8 Å². The third-order valence-electron chi connectivity index (χ3n) is 17.5. The molecule has 0 saturated heterocycles. The molecule has 5 unspecified atom stereocenters. The van der Waals surface area contributed by atoms with Gasteiger partial charge in [-0.1, -0.05) is 321 Å². The summed E-state index contributed by atoms with van der Waals surface area (Å²) in [5.74, 6) is -2.29. The van der Waals surface area contributed by atoms with Crippen LogP contribution in [0.25, 0.3) is 0 Å². The molecule has 0 aromatic rings. The number of esters is 4. The van der Waals surface area contributed by atoms with Gasteiger partial charge in [-0.3, -0.25) is 37.3 Å². The van der Waals surface area contributed by atoms with Crippen LogP contribution in [0.2, 0.25) is 0 Å². The Kier molecular flexibility index (Phi) is 77.7.